The van der Waals surface area contributed by atoms with E-state index in [1.165, 1.54) is 0 Å². The molecule has 1 heterocycles. The lowest BCUT2D eigenvalue weighted by molar-refractivity contribution is 0.672. The molecule has 1 heteroatoms. The predicted molar refractivity (Wildman–Crippen MR) is 183 cm³/mol. The third kappa shape index (κ3) is 3.72. The van der Waals surface area contributed by atoms with Gasteiger partial charge < -0.3 is 4.42 Å². The maximum absolute atomic E-state index is 9.70. The number of fused-ring (bicyclic) bond motifs is 7. The molecule has 0 saturated carbocycles. The number of hydrogen-bond donors (Lipinski definition) is 0. The molecular formula is C42H26O. The van der Waals surface area contributed by atoms with E-state index in [0.29, 0.717) is 21.5 Å². The van der Waals surface area contributed by atoms with Gasteiger partial charge >= 0.3 is 0 Å². The first-order valence-corrected chi connectivity index (χ1v) is 13.3. The Kier molecular flexibility index (Phi) is 2.70. The number of furan rings is 1. The molecule has 0 aliphatic heterocycles. The van der Waals surface area contributed by atoms with Crippen LogP contribution in [0.1, 0.15) is 24.7 Å². The summed E-state index contributed by atoms with van der Waals surface area (Å²) >= 11 is 0. The average molecular weight is 565 g/mol. The monoisotopic (exact) mass is 564 g/mol. The van der Waals surface area contributed by atoms with Crippen molar-refractivity contribution in [2.45, 2.75) is 0 Å². The first-order chi connectivity index (χ1) is 28.8. The fourth-order valence-electron chi connectivity index (χ4n) is 5.64. The first-order valence-electron chi connectivity index (χ1n) is 22.3. The zero-order chi connectivity index (χ0) is 44.0. The van der Waals surface area contributed by atoms with Crippen LogP contribution in [-0.4, -0.2) is 0 Å². The van der Waals surface area contributed by atoms with Gasteiger partial charge in [-0.05, 0) is 78.4 Å². The van der Waals surface area contributed by atoms with Gasteiger partial charge in [0.1, 0.15) is 11.2 Å². The molecule has 0 unspecified atom stereocenters. The molecule has 0 aliphatic carbocycles. The average Bonchev–Trinajstić information content (AvgIpc) is 3.66. The van der Waals surface area contributed by atoms with E-state index in [1.54, 1.807) is 48.5 Å². The van der Waals surface area contributed by atoms with Crippen LogP contribution >= 0.6 is 0 Å². The highest BCUT2D eigenvalue weighted by molar-refractivity contribution is 6.22. The van der Waals surface area contributed by atoms with E-state index < -0.39 is 114 Å². The Hall–Kier alpha value is -5.66. The van der Waals surface area contributed by atoms with Crippen molar-refractivity contribution in [1.29, 1.82) is 0 Å². The smallest absolute Gasteiger partial charge is 0.143 e. The van der Waals surface area contributed by atoms with Crippen LogP contribution in [0.4, 0.5) is 0 Å². The van der Waals surface area contributed by atoms with Crippen LogP contribution in [-0.2, 0) is 0 Å². The molecule has 0 amide bonds. The van der Waals surface area contributed by atoms with Crippen LogP contribution in [0.25, 0.3) is 87.6 Å². The standard InChI is InChI=1S/C42H26O/c1-2-10-27(11-3-1)28-18-20-30(21-19-28)40-33-14-6-8-16-35(33)41(36-17-9-7-15-34(36)40)31-23-25-39-38(26-31)37-24-22-29-12-4-5-13-32(29)42(37)43-39/h1-26H/i1D,2D,3D,4D,5D,10D,11D,12D,13D,18D,19D,20D,21D,22D,23D,24D,25D,26D. The van der Waals surface area contributed by atoms with Crippen molar-refractivity contribution in [3.63, 3.8) is 0 Å². The summed E-state index contributed by atoms with van der Waals surface area (Å²) in [5.41, 5.74) is -1.26. The highest BCUT2D eigenvalue weighted by Gasteiger charge is 2.18. The minimum absolute atomic E-state index is 0.0868. The minimum Gasteiger partial charge on any atom is -0.455 e. The minimum atomic E-state index is -0.704. The molecule has 9 rings (SSSR count). The van der Waals surface area contributed by atoms with Gasteiger partial charge in [0.25, 0.3) is 0 Å². The highest BCUT2D eigenvalue weighted by atomic mass is 16.3. The Morgan fingerprint density at radius 1 is 0.395 bits per heavy atom. The Morgan fingerprint density at radius 3 is 1.65 bits per heavy atom. The van der Waals surface area contributed by atoms with E-state index in [0.717, 1.165) is 0 Å². The Morgan fingerprint density at radius 2 is 0.953 bits per heavy atom. The van der Waals surface area contributed by atoms with Crippen molar-refractivity contribution < 1.29 is 29.1 Å². The van der Waals surface area contributed by atoms with E-state index in [4.69, 9.17) is 22.2 Å². The fourth-order valence-corrected chi connectivity index (χ4v) is 5.64. The van der Waals surface area contributed by atoms with E-state index in [9.17, 15) is 6.85 Å². The summed E-state index contributed by atoms with van der Waals surface area (Å²) in [6, 6.07) is 2.72. The highest BCUT2D eigenvalue weighted by Crippen LogP contribution is 2.45. The topological polar surface area (TPSA) is 13.1 Å². The summed E-state index contributed by atoms with van der Waals surface area (Å²) in [5.74, 6) is 0. The van der Waals surface area contributed by atoms with Crippen molar-refractivity contribution in [3.8, 4) is 33.4 Å². The van der Waals surface area contributed by atoms with Crippen LogP contribution in [0.15, 0.2) is 162 Å². The third-order valence-corrected chi connectivity index (χ3v) is 7.49. The van der Waals surface area contributed by atoms with Gasteiger partial charge in [-0.15, -0.1) is 0 Å². The molecule has 0 bridgehead atoms. The van der Waals surface area contributed by atoms with Gasteiger partial charge in [-0.25, -0.2) is 0 Å². The summed E-state index contributed by atoms with van der Waals surface area (Å²) in [5, 5.41) is 0.687. The summed E-state index contributed by atoms with van der Waals surface area (Å²) in [6.45, 7) is 0. The maximum Gasteiger partial charge on any atom is 0.143 e. The van der Waals surface area contributed by atoms with Gasteiger partial charge in [0.15, 0.2) is 0 Å². The fraction of sp³-hybridized carbons (Fsp3) is 0. The van der Waals surface area contributed by atoms with Gasteiger partial charge in [-0.1, -0.05) is 139 Å². The largest absolute Gasteiger partial charge is 0.455 e. The van der Waals surface area contributed by atoms with E-state index in [-0.39, 0.29) is 61.0 Å². The van der Waals surface area contributed by atoms with Crippen LogP contribution in [0.2, 0.25) is 0 Å². The van der Waals surface area contributed by atoms with E-state index >= 15 is 0 Å². The first kappa shape index (κ1) is 12.3. The van der Waals surface area contributed by atoms with E-state index in [1.807, 2.05) is 0 Å². The second kappa shape index (κ2) is 9.44. The number of rotatable bonds is 3. The van der Waals surface area contributed by atoms with Crippen molar-refractivity contribution in [1.82, 2.24) is 0 Å². The second-order valence-corrected chi connectivity index (χ2v) is 9.85. The Bertz CT molecular complexity index is 3400. The molecule has 1 nitrogen and oxygen atoms in total. The quantitative estimate of drug-likeness (QED) is 0.195. The van der Waals surface area contributed by atoms with Crippen LogP contribution < -0.4 is 0 Å². The molecule has 0 saturated heterocycles. The molecule has 0 fully saturated rings. The van der Waals surface area contributed by atoms with Gasteiger partial charge in [-0.2, -0.15) is 0 Å². The molecular weight excluding hydrogens is 520 g/mol. The van der Waals surface area contributed by atoms with Gasteiger partial charge in [0.2, 0.25) is 0 Å². The molecule has 0 spiro atoms. The van der Waals surface area contributed by atoms with Gasteiger partial charge in [0, 0.05) is 16.2 Å². The number of benzene rings is 8. The van der Waals surface area contributed by atoms with Crippen molar-refractivity contribution in [2.24, 2.45) is 0 Å². The van der Waals surface area contributed by atoms with Crippen LogP contribution in [0.3, 0.4) is 0 Å². The van der Waals surface area contributed by atoms with Crippen LogP contribution in [0.5, 0.6) is 0 Å². The van der Waals surface area contributed by atoms with Crippen molar-refractivity contribution >= 4 is 54.3 Å². The Labute approximate surface area is 274 Å². The van der Waals surface area contributed by atoms with Gasteiger partial charge in [0.05, 0.1) is 24.7 Å². The third-order valence-electron chi connectivity index (χ3n) is 7.49. The van der Waals surface area contributed by atoms with Gasteiger partial charge in [-0.3, -0.25) is 0 Å². The summed E-state index contributed by atoms with van der Waals surface area (Å²) in [4.78, 5) is 0. The lowest BCUT2D eigenvalue weighted by Crippen LogP contribution is -1.91. The molecule has 43 heavy (non-hydrogen) atoms. The zero-order valence-electron chi connectivity index (χ0n) is 40.0. The Balaban J connectivity index is 1.41. The molecule has 9 aromatic rings. The molecule has 200 valence electrons. The summed E-state index contributed by atoms with van der Waals surface area (Å²) in [6.07, 6.45) is 0. The molecule has 0 aliphatic rings. The molecule has 0 atom stereocenters. The second-order valence-electron chi connectivity index (χ2n) is 9.85. The summed E-state index contributed by atoms with van der Waals surface area (Å²) < 4.78 is 164. The summed E-state index contributed by atoms with van der Waals surface area (Å²) in [7, 11) is 0. The van der Waals surface area contributed by atoms with E-state index in [2.05, 4.69) is 0 Å². The maximum atomic E-state index is 9.70. The molecule has 0 radical (unpaired) electrons. The van der Waals surface area contributed by atoms with Crippen molar-refractivity contribution in [2.75, 3.05) is 0 Å². The lowest BCUT2D eigenvalue weighted by Gasteiger charge is -2.18. The molecule has 1 aromatic heterocycles. The SMILES string of the molecule is [2H]c1c([2H])c([2H])c(-c2c([2H])c([2H])c(-c3c4ccccc4c(-c4c([2H])c([2H])c5oc6c7c([2H])c([2H])c([2H])c([2H])c7c([2H])c([2H])c6c5c4[2H])c4ccccc34)c([2H])c2[2H])c([2H])c1[2H]. The molecule has 8 aromatic carbocycles. The van der Waals surface area contributed by atoms with Crippen LogP contribution in [0, 0.1) is 0 Å². The normalized spacial score (nSPS) is 17.6. The van der Waals surface area contributed by atoms with Crippen molar-refractivity contribution in [3.05, 3.63) is 157 Å². The predicted octanol–water partition coefficient (Wildman–Crippen LogP) is 12.0. The zero-order valence-corrected chi connectivity index (χ0v) is 22.0. The number of hydrogen-bond acceptors (Lipinski definition) is 1. The lowest BCUT2D eigenvalue weighted by atomic mass is 9.85. The molecule has 0 N–H and O–H groups in total.